The molecule has 3 atom stereocenters. The third-order valence-electron chi connectivity index (χ3n) is 6.34. The number of nitrogens with zero attached hydrogens (tertiary/aromatic N) is 2. The first kappa shape index (κ1) is 21.0. The molecule has 0 unspecified atom stereocenters. The number of fused-ring (bicyclic) bond motifs is 4. The van der Waals surface area contributed by atoms with Crippen LogP contribution in [0.1, 0.15) is 59.1 Å². The first-order valence-electron chi connectivity index (χ1n) is 10.2. The second-order valence-electron chi connectivity index (χ2n) is 8.32. The average Bonchev–Trinajstić information content (AvgIpc) is 2.85. The van der Waals surface area contributed by atoms with Gasteiger partial charge in [0.05, 0.1) is 6.04 Å². The lowest BCUT2D eigenvalue weighted by Gasteiger charge is -2.38. The van der Waals surface area contributed by atoms with E-state index < -0.39 is 34.6 Å². The summed E-state index contributed by atoms with van der Waals surface area (Å²) in [6.45, 7) is 4.14. The number of aromatic nitrogens is 1. The van der Waals surface area contributed by atoms with Gasteiger partial charge in [-0.1, -0.05) is 13.0 Å². The van der Waals surface area contributed by atoms with Gasteiger partial charge in [-0.15, -0.1) is 0 Å². The van der Waals surface area contributed by atoms with E-state index in [0.29, 0.717) is 12.6 Å². The van der Waals surface area contributed by atoms with Crippen molar-refractivity contribution in [2.75, 3.05) is 6.54 Å². The molecular weight excluding hydrogens is 408 g/mol. The standard InChI is InChI=1S/C22H23F2N3O4/c1-11-3-4-12(2)26-10-17(11)27-9-15(19(28)20(29)18(27)22(26)31)21(30)25-8-13-5-6-14(23)7-16(13)24/h5-7,9,11-12,17,29H,3-4,8,10H2,1-2H3,(H,25,30)/t11-,12-,17+/m0/s1. The highest BCUT2D eigenvalue weighted by Crippen LogP contribution is 2.37. The number of amides is 2. The zero-order chi connectivity index (χ0) is 22.4. The minimum absolute atomic E-state index is 0.0169. The van der Waals surface area contributed by atoms with Crippen molar-refractivity contribution < 1.29 is 23.5 Å². The Labute approximate surface area is 177 Å². The Kier molecular flexibility index (Phi) is 5.28. The number of hydrogen-bond donors (Lipinski definition) is 2. The molecule has 0 aliphatic carbocycles. The minimum atomic E-state index is -0.961. The van der Waals surface area contributed by atoms with Crippen LogP contribution in [0.3, 0.4) is 0 Å². The van der Waals surface area contributed by atoms with Gasteiger partial charge in [0.25, 0.3) is 11.8 Å². The molecule has 2 aliphatic heterocycles. The Hall–Kier alpha value is -3.23. The summed E-state index contributed by atoms with van der Waals surface area (Å²) in [6, 6.07) is 2.76. The summed E-state index contributed by atoms with van der Waals surface area (Å²) in [5, 5.41) is 13.0. The number of hydrogen-bond acceptors (Lipinski definition) is 4. The molecule has 0 radical (unpaired) electrons. The Morgan fingerprint density at radius 3 is 2.68 bits per heavy atom. The third kappa shape index (κ3) is 3.58. The largest absolute Gasteiger partial charge is 0.503 e. The number of rotatable bonds is 3. The zero-order valence-corrected chi connectivity index (χ0v) is 17.2. The summed E-state index contributed by atoms with van der Waals surface area (Å²) in [5.41, 5.74) is -1.36. The van der Waals surface area contributed by atoms with Gasteiger partial charge in [0.15, 0.2) is 11.4 Å². The summed E-state index contributed by atoms with van der Waals surface area (Å²) in [5.74, 6) is -3.42. The minimum Gasteiger partial charge on any atom is -0.503 e. The van der Waals surface area contributed by atoms with Gasteiger partial charge in [-0.25, -0.2) is 8.78 Å². The molecule has 4 rings (SSSR count). The molecule has 31 heavy (non-hydrogen) atoms. The molecule has 1 fully saturated rings. The van der Waals surface area contributed by atoms with Crippen LogP contribution >= 0.6 is 0 Å². The van der Waals surface area contributed by atoms with Crippen LogP contribution in [0.4, 0.5) is 8.78 Å². The normalized spacial score (nSPS) is 22.6. The van der Waals surface area contributed by atoms with Crippen molar-refractivity contribution in [1.29, 1.82) is 0 Å². The number of halogens is 2. The van der Waals surface area contributed by atoms with E-state index in [2.05, 4.69) is 5.32 Å². The number of carbonyl (C=O) groups is 2. The molecule has 1 saturated heterocycles. The molecule has 2 N–H and O–H groups in total. The molecule has 164 valence electrons. The van der Waals surface area contributed by atoms with Crippen LogP contribution in [-0.2, 0) is 6.54 Å². The van der Waals surface area contributed by atoms with Crippen LogP contribution in [0.2, 0.25) is 0 Å². The molecular formula is C22H23F2N3O4. The van der Waals surface area contributed by atoms with Crippen molar-refractivity contribution in [2.24, 2.45) is 5.92 Å². The fourth-order valence-corrected chi connectivity index (χ4v) is 4.39. The van der Waals surface area contributed by atoms with E-state index in [9.17, 15) is 28.3 Å². The molecule has 2 aliphatic rings. The fraction of sp³-hybridized carbons (Fsp3) is 0.409. The van der Waals surface area contributed by atoms with Gasteiger partial charge in [-0.05, 0) is 31.7 Å². The monoisotopic (exact) mass is 431 g/mol. The van der Waals surface area contributed by atoms with E-state index in [1.807, 2.05) is 13.8 Å². The van der Waals surface area contributed by atoms with E-state index in [4.69, 9.17) is 0 Å². The van der Waals surface area contributed by atoms with E-state index in [-0.39, 0.29) is 41.4 Å². The van der Waals surface area contributed by atoms with Crippen molar-refractivity contribution in [3.8, 4) is 5.75 Å². The second-order valence-corrected chi connectivity index (χ2v) is 8.32. The number of benzene rings is 1. The van der Waals surface area contributed by atoms with Crippen LogP contribution < -0.4 is 10.7 Å². The number of nitrogens with one attached hydrogen (secondary N) is 1. The van der Waals surface area contributed by atoms with Crippen molar-refractivity contribution in [3.05, 3.63) is 63.1 Å². The SMILES string of the molecule is C[C@H]1CC[C@H](C)N2C[C@H]1n1cc(C(=O)NCc3ccc(F)cc3F)c(=O)c(O)c1C2=O. The molecule has 7 nitrogen and oxygen atoms in total. The van der Waals surface area contributed by atoms with E-state index in [1.54, 1.807) is 4.90 Å². The Balaban J connectivity index is 1.69. The predicted molar refractivity (Wildman–Crippen MR) is 108 cm³/mol. The average molecular weight is 431 g/mol. The zero-order valence-electron chi connectivity index (χ0n) is 17.2. The first-order chi connectivity index (χ1) is 14.7. The van der Waals surface area contributed by atoms with Gasteiger partial charge in [0.2, 0.25) is 5.43 Å². The van der Waals surface area contributed by atoms with Crippen LogP contribution in [0, 0.1) is 17.6 Å². The van der Waals surface area contributed by atoms with Crippen molar-refractivity contribution in [3.63, 3.8) is 0 Å². The van der Waals surface area contributed by atoms with Gasteiger partial charge in [0.1, 0.15) is 17.2 Å². The van der Waals surface area contributed by atoms with Crippen LogP contribution in [0.15, 0.2) is 29.2 Å². The maximum absolute atomic E-state index is 13.8. The van der Waals surface area contributed by atoms with Gasteiger partial charge in [0, 0.05) is 37.0 Å². The summed E-state index contributed by atoms with van der Waals surface area (Å²) in [4.78, 5) is 40.0. The van der Waals surface area contributed by atoms with Crippen LogP contribution in [-0.4, -0.2) is 39.0 Å². The van der Waals surface area contributed by atoms with Crippen molar-refractivity contribution >= 4 is 11.8 Å². The maximum atomic E-state index is 13.8. The number of aromatic hydroxyl groups is 1. The fourth-order valence-electron chi connectivity index (χ4n) is 4.39. The van der Waals surface area contributed by atoms with Crippen LogP contribution in [0.25, 0.3) is 0 Å². The highest BCUT2D eigenvalue weighted by atomic mass is 19.1. The van der Waals surface area contributed by atoms with Gasteiger partial charge >= 0.3 is 0 Å². The highest BCUT2D eigenvalue weighted by molar-refractivity contribution is 5.99. The van der Waals surface area contributed by atoms with E-state index >= 15 is 0 Å². The predicted octanol–water partition coefficient (Wildman–Crippen LogP) is 2.58. The molecule has 1 aromatic carbocycles. The topological polar surface area (TPSA) is 91.6 Å². The molecule has 2 aromatic rings. The highest BCUT2D eigenvalue weighted by Gasteiger charge is 2.41. The first-order valence-corrected chi connectivity index (χ1v) is 10.2. The molecule has 9 heteroatoms. The number of carbonyl (C=O) groups excluding carboxylic acids is 2. The summed E-state index contributed by atoms with van der Waals surface area (Å²) >= 11 is 0. The lowest BCUT2D eigenvalue weighted by atomic mass is 9.95. The quantitative estimate of drug-likeness (QED) is 0.782. The second kappa shape index (κ2) is 7.79. The summed E-state index contributed by atoms with van der Waals surface area (Å²) in [7, 11) is 0. The molecule has 0 spiro atoms. The Morgan fingerprint density at radius 2 is 1.97 bits per heavy atom. The Bertz CT molecular complexity index is 1130. The molecule has 2 amide bonds. The Morgan fingerprint density at radius 1 is 1.23 bits per heavy atom. The van der Waals surface area contributed by atoms with E-state index in [1.165, 1.54) is 16.8 Å². The van der Waals surface area contributed by atoms with E-state index in [0.717, 1.165) is 18.9 Å². The lowest BCUT2D eigenvalue weighted by Crippen LogP contribution is -2.48. The lowest BCUT2D eigenvalue weighted by molar-refractivity contribution is 0.0591. The number of pyridine rings is 1. The van der Waals surface area contributed by atoms with Crippen molar-refractivity contribution in [1.82, 2.24) is 14.8 Å². The summed E-state index contributed by atoms with van der Waals surface area (Å²) in [6.07, 6.45) is 2.97. The molecule has 2 bridgehead atoms. The van der Waals surface area contributed by atoms with Crippen LogP contribution in [0.5, 0.6) is 5.75 Å². The van der Waals surface area contributed by atoms with Crippen molar-refractivity contribution in [2.45, 2.75) is 45.3 Å². The smallest absolute Gasteiger partial charge is 0.274 e. The van der Waals surface area contributed by atoms with Gasteiger partial charge in [-0.3, -0.25) is 14.4 Å². The maximum Gasteiger partial charge on any atom is 0.274 e. The molecule has 3 heterocycles. The third-order valence-corrected chi connectivity index (χ3v) is 6.34. The molecule has 0 saturated carbocycles. The van der Waals surface area contributed by atoms with Gasteiger partial charge in [-0.2, -0.15) is 0 Å². The molecule has 1 aromatic heterocycles. The summed E-state index contributed by atoms with van der Waals surface area (Å²) < 4.78 is 28.4. The van der Waals surface area contributed by atoms with Gasteiger partial charge < -0.3 is 19.9 Å².